The monoisotopic (exact) mass is 332 g/mol. The predicted octanol–water partition coefficient (Wildman–Crippen LogP) is 2.63. The Bertz CT molecular complexity index is 700. The van der Waals surface area contributed by atoms with Crippen molar-refractivity contribution in [2.45, 2.75) is 12.8 Å². The summed E-state index contributed by atoms with van der Waals surface area (Å²) in [7, 11) is 0. The van der Waals surface area contributed by atoms with E-state index in [0.717, 1.165) is 0 Å². The Morgan fingerprint density at radius 3 is 2.87 bits per heavy atom. The number of carbonyl (C=O) groups excluding carboxylic acids is 2. The zero-order valence-electron chi connectivity index (χ0n) is 12.3. The molecule has 0 fully saturated rings. The molecule has 0 saturated heterocycles. The second-order valence-electron chi connectivity index (χ2n) is 4.95. The van der Waals surface area contributed by atoms with Crippen LogP contribution in [-0.2, 0) is 4.79 Å². The van der Waals surface area contributed by atoms with Gasteiger partial charge in [-0.2, -0.15) is 0 Å². The summed E-state index contributed by atoms with van der Waals surface area (Å²) in [5.41, 5.74) is 0.668. The van der Waals surface area contributed by atoms with E-state index in [4.69, 9.17) is 9.47 Å². The van der Waals surface area contributed by atoms with E-state index in [1.807, 2.05) is 11.4 Å². The molecule has 1 aromatic heterocycles. The second kappa shape index (κ2) is 7.15. The molecule has 0 aliphatic carbocycles. The summed E-state index contributed by atoms with van der Waals surface area (Å²) < 4.78 is 10.5. The Morgan fingerprint density at radius 2 is 2.04 bits per heavy atom. The van der Waals surface area contributed by atoms with E-state index in [1.165, 1.54) is 11.3 Å². The number of hydrogen-bond acceptors (Lipinski definition) is 5. The van der Waals surface area contributed by atoms with Crippen LogP contribution in [0.5, 0.6) is 11.5 Å². The fourth-order valence-electron chi connectivity index (χ4n) is 2.14. The molecule has 0 saturated carbocycles. The zero-order chi connectivity index (χ0) is 16.1. The standard InChI is InChI=1S/C16H16N2O4S/c19-15(4-1-7-17-16(20)14-3-2-8-23-14)18-11-5-6-12-13(9-11)22-10-21-12/h2-3,5-6,8-9H,1,4,7,10H2,(H,17,20)(H,18,19). The highest BCUT2D eigenvalue weighted by atomic mass is 32.1. The highest BCUT2D eigenvalue weighted by molar-refractivity contribution is 7.12. The van der Waals surface area contributed by atoms with E-state index >= 15 is 0 Å². The number of rotatable bonds is 6. The van der Waals surface area contributed by atoms with Crippen molar-refractivity contribution in [3.63, 3.8) is 0 Å². The van der Waals surface area contributed by atoms with Crippen molar-refractivity contribution >= 4 is 28.8 Å². The van der Waals surface area contributed by atoms with Gasteiger partial charge in [0.1, 0.15) is 0 Å². The molecule has 2 amide bonds. The van der Waals surface area contributed by atoms with Crippen molar-refractivity contribution < 1.29 is 19.1 Å². The minimum atomic E-state index is -0.103. The van der Waals surface area contributed by atoms with Gasteiger partial charge in [-0.15, -0.1) is 11.3 Å². The first-order chi connectivity index (χ1) is 11.2. The van der Waals surface area contributed by atoms with Gasteiger partial charge in [-0.05, 0) is 30.0 Å². The maximum Gasteiger partial charge on any atom is 0.261 e. The molecular weight excluding hydrogens is 316 g/mol. The number of nitrogens with one attached hydrogen (secondary N) is 2. The number of fused-ring (bicyclic) bond motifs is 1. The van der Waals surface area contributed by atoms with Crippen LogP contribution in [0, 0.1) is 0 Å². The molecule has 6 nitrogen and oxygen atoms in total. The van der Waals surface area contributed by atoms with E-state index in [2.05, 4.69) is 10.6 Å². The highest BCUT2D eigenvalue weighted by Gasteiger charge is 2.14. The van der Waals surface area contributed by atoms with E-state index < -0.39 is 0 Å². The molecule has 2 N–H and O–H groups in total. The molecule has 23 heavy (non-hydrogen) atoms. The molecule has 7 heteroatoms. The van der Waals surface area contributed by atoms with Crippen LogP contribution in [0.25, 0.3) is 0 Å². The lowest BCUT2D eigenvalue weighted by atomic mass is 10.2. The number of thiophene rings is 1. The fraction of sp³-hybridized carbons (Fsp3) is 0.250. The van der Waals surface area contributed by atoms with Crippen LogP contribution >= 0.6 is 11.3 Å². The largest absolute Gasteiger partial charge is 0.454 e. The Balaban J connectivity index is 1.39. The molecule has 0 radical (unpaired) electrons. The smallest absolute Gasteiger partial charge is 0.261 e. The first kappa shape index (κ1) is 15.4. The Kier molecular flexibility index (Phi) is 4.77. The summed E-state index contributed by atoms with van der Waals surface area (Å²) in [6, 6.07) is 8.87. The van der Waals surface area contributed by atoms with E-state index in [-0.39, 0.29) is 18.6 Å². The number of anilines is 1. The molecule has 0 spiro atoms. The van der Waals surface area contributed by atoms with Gasteiger partial charge in [0.05, 0.1) is 4.88 Å². The molecule has 0 bridgehead atoms. The molecule has 1 aliphatic heterocycles. The first-order valence-electron chi connectivity index (χ1n) is 7.23. The molecule has 120 valence electrons. The molecular formula is C16H16N2O4S. The topological polar surface area (TPSA) is 76.7 Å². The third-order valence-corrected chi connectivity index (χ3v) is 4.14. The Labute approximate surface area is 137 Å². The molecule has 2 heterocycles. The number of hydrogen-bond donors (Lipinski definition) is 2. The van der Waals surface area contributed by atoms with Gasteiger partial charge >= 0.3 is 0 Å². The van der Waals surface area contributed by atoms with Crippen LogP contribution in [0.1, 0.15) is 22.5 Å². The molecule has 1 aliphatic rings. The van der Waals surface area contributed by atoms with Crippen LogP contribution in [0.4, 0.5) is 5.69 Å². The van der Waals surface area contributed by atoms with Crippen LogP contribution in [0.3, 0.4) is 0 Å². The number of amides is 2. The maximum absolute atomic E-state index is 11.9. The predicted molar refractivity (Wildman–Crippen MR) is 87.1 cm³/mol. The minimum absolute atomic E-state index is 0.101. The first-order valence-corrected chi connectivity index (χ1v) is 8.11. The number of ether oxygens (including phenoxy) is 2. The third kappa shape index (κ3) is 4.01. The SMILES string of the molecule is O=C(CCCNC(=O)c1cccs1)Nc1ccc2c(c1)OCO2. The van der Waals surface area contributed by atoms with Crippen LogP contribution in [0.2, 0.25) is 0 Å². The molecule has 1 aromatic carbocycles. The van der Waals surface area contributed by atoms with Gasteiger partial charge in [-0.3, -0.25) is 9.59 Å². The highest BCUT2D eigenvalue weighted by Crippen LogP contribution is 2.34. The molecule has 0 unspecified atom stereocenters. The molecule has 0 atom stereocenters. The average molecular weight is 332 g/mol. The van der Waals surface area contributed by atoms with Crippen LogP contribution in [0.15, 0.2) is 35.7 Å². The summed E-state index contributed by atoms with van der Waals surface area (Å²) in [5.74, 6) is 1.11. The van der Waals surface area contributed by atoms with Crippen LogP contribution < -0.4 is 20.1 Å². The Morgan fingerprint density at radius 1 is 1.17 bits per heavy atom. The number of benzene rings is 1. The van der Waals surface area contributed by atoms with E-state index in [0.29, 0.717) is 41.4 Å². The van der Waals surface area contributed by atoms with E-state index in [9.17, 15) is 9.59 Å². The molecule has 2 aromatic rings. The van der Waals surface area contributed by atoms with Gasteiger partial charge in [0, 0.05) is 24.7 Å². The lowest BCUT2D eigenvalue weighted by Gasteiger charge is -2.07. The summed E-state index contributed by atoms with van der Waals surface area (Å²) in [6.07, 6.45) is 0.909. The van der Waals surface area contributed by atoms with E-state index in [1.54, 1.807) is 24.3 Å². The summed E-state index contributed by atoms with van der Waals surface area (Å²) >= 11 is 1.39. The van der Waals surface area contributed by atoms with Crippen molar-refractivity contribution in [3.8, 4) is 11.5 Å². The lowest BCUT2D eigenvalue weighted by Crippen LogP contribution is -2.24. The molecule has 3 rings (SSSR count). The summed E-state index contributed by atoms with van der Waals surface area (Å²) in [5, 5.41) is 7.45. The van der Waals surface area contributed by atoms with Gasteiger partial charge in [0.25, 0.3) is 5.91 Å². The van der Waals surface area contributed by atoms with Crippen molar-refractivity contribution in [2.24, 2.45) is 0 Å². The van der Waals surface area contributed by atoms with Gasteiger partial charge in [0.2, 0.25) is 12.7 Å². The lowest BCUT2D eigenvalue weighted by molar-refractivity contribution is -0.116. The van der Waals surface area contributed by atoms with Crippen LogP contribution in [-0.4, -0.2) is 25.2 Å². The third-order valence-electron chi connectivity index (χ3n) is 3.27. The van der Waals surface area contributed by atoms with Gasteiger partial charge in [-0.25, -0.2) is 0 Å². The van der Waals surface area contributed by atoms with Crippen molar-refractivity contribution in [1.82, 2.24) is 5.32 Å². The fourth-order valence-corrected chi connectivity index (χ4v) is 2.78. The minimum Gasteiger partial charge on any atom is -0.454 e. The summed E-state index contributed by atoms with van der Waals surface area (Å²) in [4.78, 5) is 24.3. The van der Waals surface area contributed by atoms with Crippen molar-refractivity contribution in [2.75, 3.05) is 18.7 Å². The van der Waals surface area contributed by atoms with Crippen molar-refractivity contribution in [3.05, 3.63) is 40.6 Å². The van der Waals surface area contributed by atoms with Gasteiger partial charge in [0.15, 0.2) is 11.5 Å². The quantitative estimate of drug-likeness (QED) is 0.797. The second-order valence-corrected chi connectivity index (χ2v) is 5.90. The maximum atomic E-state index is 11.9. The average Bonchev–Trinajstić information content (AvgIpc) is 3.21. The number of carbonyl (C=O) groups is 2. The van der Waals surface area contributed by atoms with Gasteiger partial charge in [-0.1, -0.05) is 6.07 Å². The summed E-state index contributed by atoms with van der Waals surface area (Å²) in [6.45, 7) is 0.669. The normalized spacial score (nSPS) is 12.0. The van der Waals surface area contributed by atoms with Crippen molar-refractivity contribution in [1.29, 1.82) is 0 Å². The Hall–Kier alpha value is -2.54. The van der Waals surface area contributed by atoms with Gasteiger partial charge < -0.3 is 20.1 Å². The zero-order valence-corrected chi connectivity index (χ0v) is 13.2.